The molecule has 0 spiro atoms. The standard InChI is InChI=1S/C15H22N2O/c1-11-4-2-3-5-13(11)6-7-15(18)17-10-12-8-14(16)9-12/h2-5,12,14H,6-10,16H2,1H3,(H,17,18). The minimum absolute atomic E-state index is 0.152. The third-order valence-corrected chi connectivity index (χ3v) is 3.74. The maximum Gasteiger partial charge on any atom is 0.220 e. The van der Waals surface area contributed by atoms with Crippen molar-refractivity contribution in [1.29, 1.82) is 0 Å². The van der Waals surface area contributed by atoms with Gasteiger partial charge >= 0.3 is 0 Å². The van der Waals surface area contributed by atoms with Crippen LogP contribution in [0.5, 0.6) is 0 Å². The Kier molecular flexibility index (Phi) is 4.37. The van der Waals surface area contributed by atoms with Crippen molar-refractivity contribution in [1.82, 2.24) is 5.32 Å². The first-order chi connectivity index (χ1) is 8.65. The summed E-state index contributed by atoms with van der Waals surface area (Å²) in [5.41, 5.74) is 8.24. The van der Waals surface area contributed by atoms with Crippen LogP contribution in [0, 0.1) is 12.8 Å². The Morgan fingerprint density at radius 3 is 2.78 bits per heavy atom. The molecule has 0 bridgehead atoms. The number of aryl methyl sites for hydroxylation is 2. The van der Waals surface area contributed by atoms with Crippen LogP contribution in [0.1, 0.15) is 30.4 Å². The summed E-state index contributed by atoms with van der Waals surface area (Å²) >= 11 is 0. The fraction of sp³-hybridized carbons (Fsp3) is 0.533. The number of hydrogen-bond acceptors (Lipinski definition) is 2. The molecule has 0 heterocycles. The van der Waals surface area contributed by atoms with Gasteiger partial charge in [-0.05, 0) is 43.2 Å². The molecule has 0 aromatic heterocycles. The average molecular weight is 246 g/mol. The first-order valence-corrected chi connectivity index (χ1v) is 6.72. The van der Waals surface area contributed by atoms with Crippen molar-refractivity contribution in [3.05, 3.63) is 35.4 Å². The lowest BCUT2D eigenvalue weighted by atomic mass is 9.81. The van der Waals surface area contributed by atoms with Crippen LogP contribution in [0.3, 0.4) is 0 Å². The molecule has 2 rings (SSSR count). The summed E-state index contributed by atoms with van der Waals surface area (Å²) in [4.78, 5) is 11.7. The summed E-state index contributed by atoms with van der Waals surface area (Å²) in [6, 6.07) is 8.59. The smallest absolute Gasteiger partial charge is 0.220 e. The molecule has 0 unspecified atom stereocenters. The third-order valence-electron chi connectivity index (χ3n) is 3.74. The number of nitrogens with one attached hydrogen (secondary N) is 1. The van der Waals surface area contributed by atoms with Gasteiger partial charge in [0.05, 0.1) is 0 Å². The van der Waals surface area contributed by atoms with Crippen molar-refractivity contribution in [3.8, 4) is 0 Å². The highest BCUT2D eigenvalue weighted by Crippen LogP contribution is 2.24. The van der Waals surface area contributed by atoms with Gasteiger partial charge < -0.3 is 11.1 Å². The normalized spacial score (nSPS) is 22.3. The first-order valence-electron chi connectivity index (χ1n) is 6.72. The number of carbonyl (C=O) groups is 1. The van der Waals surface area contributed by atoms with E-state index in [0.29, 0.717) is 18.4 Å². The summed E-state index contributed by atoms with van der Waals surface area (Å²) in [6.07, 6.45) is 3.50. The van der Waals surface area contributed by atoms with Gasteiger partial charge in [-0.15, -0.1) is 0 Å². The molecular weight excluding hydrogens is 224 g/mol. The van der Waals surface area contributed by atoms with E-state index in [1.54, 1.807) is 0 Å². The minimum Gasteiger partial charge on any atom is -0.356 e. The molecule has 3 heteroatoms. The highest BCUT2D eigenvalue weighted by atomic mass is 16.1. The number of hydrogen-bond donors (Lipinski definition) is 2. The van der Waals surface area contributed by atoms with Crippen LogP contribution in [0.15, 0.2) is 24.3 Å². The van der Waals surface area contributed by atoms with Crippen molar-refractivity contribution in [2.24, 2.45) is 11.7 Å². The molecule has 1 aromatic rings. The molecule has 1 aliphatic rings. The summed E-state index contributed by atoms with van der Waals surface area (Å²) in [6.45, 7) is 2.88. The van der Waals surface area contributed by atoms with Crippen LogP contribution in [-0.2, 0) is 11.2 Å². The van der Waals surface area contributed by atoms with Gasteiger partial charge in [0.1, 0.15) is 0 Å². The monoisotopic (exact) mass is 246 g/mol. The van der Waals surface area contributed by atoms with Crippen molar-refractivity contribution in [2.45, 2.75) is 38.6 Å². The fourth-order valence-corrected chi connectivity index (χ4v) is 2.44. The van der Waals surface area contributed by atoms with Crippen molar-refractivity contribution < 1.29 is 4.79 Å². The summed E-state index contributed by atoms with van der Waals surface area (Å²) in [5, 5.41) is 3.00. The maximum absolute atomic E-state index is 11.7. The maximum atomic E-state index is 11.7. The number of benzene rings is 1. The lowest BCUT2D eigenvalue weighted by molar-refractivity contribution is -0.121. The molecule has 0 saturated heterocycles. The van der Waals surface area contributed by atoms with E-state index in [4.69, 9.17) is 5.73 Å². The number of amides is 1. The molecule has 0 aliphatic heterocycles. The number of nitrogens with two attached hydrogens (primary N) is 1. The average Bonchev–Trinajstić information content (AvgIpc) is 2.32. The zero-order valence-electron chi connectivity index (χ0n) is 11.0. The van der Waals surface area contributed by atoms with Gasteiger partial charge in [0.2, 0.25) is 5.91 Å². The quantitative estimate of drug-likeness (QED) is 0.832. The van der Waals surface area contributed by atoms with Crippen LogP contribution < -0.4 is 11.1 Å². The number of rotatable bonds is 5. The number of carbonyl (C=O) groups excluding carboxylic acids is 1. The van der Waals surface area contributed by atoms with Gasteiger partial charge in [0.25, 0.3) is 0 Å². The van der Waals surface area contributed by atoms with Gasteiger partial charge in [-0.2, -0.15) is 0 Å². The Labute approximate surface area is 109 Å². The van der Waals surface area contributed by atoms with Crippen LogP contribution in [0.25, 0.3) is 0 Å². The van der Waals surface area contributed by atoms with E-state index in [-0.39, 0.29) is 5.91 Å². The lowest BCUT2D eigenvalue weighted by Crippen LogP contribution is -2.42. The Bertz CT molecular complexity index is 411. The molecule has 1 aromatic carbocycles. The Morgan fingerprint density at radius 1 is 1.39 bits per heavy atom. The summed E-state index contributed by atoms with van der Waals surface area (Å²) in [7, 11) is 0. The van der Waals surface area contributed by atoms with Crippen LogP contribution in [0.2, 0.25) is 0 Å². The van der Waals surface area contributed by atoms with Crippen LogP contribution >= 0.6 is 0 Å². The zero-order chi connectivity index (χ0) is 13.0. The molecule has 0 atom stereocenters. The first kappa shape index (κ1) is 13.1. The highest BCUT2D eigenvalue weighted by Gasteiger charge is 2.25. The van der Waals surface area contributed by atoms with E-state index in [1.807, 2.05) is 12.1 Å². The van der Waals surface area contributed by atoms with Crippen molar-refractivity contribution in [2.75, 3.05) is 6.54 Å². The molecule has 1 amide bonds. The molecule has 18 heavy (non-hydrogen) atoms. The molecule has 1 saturated carbocycles. The highest BCUT2D eigenvalue weighted by molar-refractivity contribution is 5.76. The minimum atomic E-state index is 0.152. The van der Waals surface area contributed by atoms with Crippen molar-refractivity contribution in [3.63, 3.8) is 0 Å². The molecule has 1 aliphatic carbocycles. The Balaban J connectivity index is 1.67. The van der Waals surface area contributed by atoms with Gasteiger partial charge in [-0.3, -0.25) is 4.79 Å². The molecule has 1 fully saturated rings. The third kappa shape index (κ3) is 3.57. The Morgan fingerprint density at radius 2 is 2.11 bits per heavy atom. The van der Waals surface area contributed by atoms with Crippen molar-refractivity contribution >= 4 is 5.91 Å². The molecule has 98 valence electrons. The van der Waals surface area contributed by atoms with Gasteiger partial charge in [0, 0.05) is 19.0 Å². The zero-order valence-corrected chi connectivity index (χ0v) is 11.0. The molecule has 3 nitrogen and oxygen atoms in total. The molecular formula is C15H22N2O. The van der Waals surface area contributed by atoms with E-state index in [2.05, 4.69) is 24.4 Å². The van der Waals surface area contributed by atoms with E-state index >= 15 is 0 Å². The fourth-order valence-electron chi connectivity index (χ4n) is 2.44. The largest absolute Gasteiger partial charge is 0.356 e. The van der Waals surface area contributed by atoms with E-state index in [9.17, 15) is 4.79 Å². The Hall–Kier alpha value is -1.35. The topological polar surface area (TPSA) is 55.1 Å². The second-order valence-corrected chi connectivity index (χ2v) is 5.33. The second-order valence-electron chi connectivity index (χ2n) is 5.33. The van der Waals surface area contributed by atoms with Gasteiger partial charge in [-0.1, -0.05) is 24.3 Å². The molecule has 0 radical (unpaired) electrons. The van der Waals surface area contributed by atoms with Gasteiger partial charge in [0.15, 0.2) is 0 Å². The van der Waals surface area contributed by atoms with Gasteiger partial charge in [-0.25, -0.2) is 0 Å². The van der Waals surface area contributed by atoms with E-state index in [0.717, 1.165) is 25.8 Å². The predicted octanol–water partition coefficient (Wildman–Crippen LogP) is 1.78. The van der Waals surface area contributed by atoms with Crippen LogP contribution in [0.4, 0.5) is 0 Å². The van der Waals surface area contributed by atoms with E-state index in [1.165, 1.54) is 11.1 Å². The summed E-state index contributed by atoms with van der Waals surface area (Å²) < 4.78 is 0. The predicted molar refractivity (Wildman–Crippen MR) is 73.2 cm³/mol. The second kappa shape index (κ2) is 6.01. The summed E-state index contributed by atoms with van der Waals surface area (Å²) in [5.74, 6) is 0.751. The lowest BCUT2D eigenvalue weighted by Gasteiger charge is -2.32. The van der Waals surface area contributed by atoms with Crippen LogP contribution in [-0.4, -0.2) is 18.5 Å². The van der Waals surface area contributed by atoms with E-state index < -0.39 is 0 Å². The SMILES string of the molecule is Cc1ccccc1CCC(=O)NCC1CC(N)C1. The molecule has 3 N–H and O–H groups in total.